The number of hydrogen-bond acceptors (Lipinski definition) is 7. The number of anilines is 1. The molecule has 0 fully saturated rings. The van der Waals surface area contributed by atoms with Crippen LogP contribution in [0.4, 0.5) is 5.82 Å². The van der Waals surface area contributed by atoms with Crippen LogP contribution in [0.3, 0.4) is 0 Å². The monoisotopic (exact) mass is 395 g/mol. The van der Waals surface area contributed by atoms with Crippen molar-refractivity contribution in [3.05, 3.63) is 42.6 Å². The Morgan fingerprint density at radius 1 is 1.15 bits per heavy atom. The molecular formula is C20H21N5S2. The molecule has 0 aliphatic carbocycles. The van der Waals surface area contributed by atoms with Gasteiger partial charge in [0.05, 0.1) is 28.2 Å². The van der Waals surface area contributed by atoms with E-state index in [0.29, 0.717) is 12.4 Å². The van der Waals surface area contributed by atoms with Crippen molar-refractivity contribution in [3.63, 3.8) is 0 Å². The highest BCUT2D eigenvalue weighted by Crippen LogP contribution is 2.29. The number of hydrogen-bond donors (Lipinski definition) is 1. The predicted octanol–water partition coefficient (Wildman–Crippen LogP) is 5.39. The summed E-state index contributed by atoms with van der Waals surface area (Å²) in [6.45, 7) is 6.46. The lowest BCUT2D eigenvalue weighted by molar-refractivity contribution is 1.20. The average molecular weight is 396 g/mol. The summed E-state index contributed by atoms with van der Waals surface area (Å²) in [6, 6.07) is 12.0. The van der Waals surface area contributed by atoms with Crippen molar-refractivity contribution in [1.82, 2.24) is 9.97 Å². The second-order valence-corrected chi connectivity index (χ2v) is 7.63. The van der Waals surface area contributed by atoms with E-state index in [1.165, 1.54) is 4.70 Å². The van der Waals surface area contributed by atoms with Gasteiger partial charge in [0.15, 0.2) is 0 Å². The minimum atomic E-state index is 0.569. The molecule has 0 radical (unpaired) electrons. The second kappa shape index (κ2) is 8.92. The Morgan fingerprint density at radius 2 is 1.96 bits per heavy atom. The summed E-state index contributed by atoms with van der Waals surface area (Å²) >= 11 is 6.86. The quantitative estimate of drug-likeness (QED) is 0.331. The van der Waals surface area contributed by atoms with Crippen LogP contribution in [0.15, 0.2) is 52.7 Å². The standard InChI is InChI=1S/C20H21N5S2/c1-4-16(26)12-21-13(2)14(3)24-25-19-10-9-15(11-22-19)20-23-17-7-5-6-8-18(17)27-20/h5-11H,4,12H2,1-3H3,(H,22,25)/b21-13?,24-14+. The molecule has 0 amide bonds. The summed E-state index contributed by atoms with van der Waals surface area (Å²) in [5, 5.41) is 5.32. The van der Waals surface area contributed by atoms with Gasteiger partial charge in [-0.15, -0.1) is 11.3 Å². The third-order valence-corrected chi connectivity index (χ3v) is 5.56. The molecule has 3 aromatic rings. The van der Waals surface area contributed by atoms with Crippen LogP contribution in [0.25, 0.3) is 20.8 Å². The molecule has 0 spiro atoms. The van der Waals surface area contributed by atoms with Crippen LogP contribution in [0.2, 0.25) is 0 Å². The molecule has 7 heteroatoms. The lowest BCUT2D eigenvalue weighted by Gasteiger charge is -2.04. The molecule has 138 valence electrons. The summed E-state index contributed by atoms with van der Waals surface area (Å²) in [7, 11) is 0. The molecule has 27 heavy (non-hydrogen) atoms. The zero-order valence-electron chi connectivity index (χ0n) is 15.6. The predicted molar refractivity (Wildman–Crippen MR) is 120 cm³/mol. The van der Waals surface area contributed by atoms with Crippen LogP contribution in [-0.2, 0) is 0 Å². The maximum Gasteiger partial charge on any atom is 0.146 e. The maximum absolute atomic E-state index is 5.20. The first kappa shape index (κ1) is 19.3. The Labute approximate surface area is 168 Å². The number of hydrazone groups is 1. The number of nitrogens with zero attached hydrogens (tertiary/aromatic N) is 4. The number of aromatic nitrogens is 2. The zero-order chi connectivity index (χ0) is 19.2. The van der Waals surface area contributed by atoms with E-state index in [-0.39, 0.29) is 0 Å². The highest BCUT2D eigenvalue weighted by Gasteiger charge is 2.06. The first-order chi connectivity index (χ1) is 13.1. The van der Waals surface area contributed by atoms with Gasteiger partial charge in [0.2, 0.25) is 0 Å². The lowest BCUT2D eigenvalue weighted by Crippen LogP contribution is -2.11. The molecule has 0 aliphatic rings. The highest BCUT2D eigenvalue weighted by molar-refractivity contribution is 7.80. The number of thiazole rings is 1. The van der Waals surface area contributed by atoms with E-state index < -0.39 is 0 Å². The summed E-state index contributed by atoms with van der Waals surface area (Å²) in [5.74, 6) is 0.677. The largest absolute Gasteiger partial charge is 0.283 e. The van der Waals surface area contributed by atoms with Gasteiger partial charge in [-0.3, -0.25) is 10.4 Å². The van der Waals surface area contributed by atoms with Gasteiger partial charge < -0.3 is 0 Å². The van der Waals surface area contributed by atoms with Crippen LogP contribution in [-0.4, -0.2) is 32.8 Å². The molecule has 2 heterocycles. The molecule has 3 rings (SSSR count). The van der Waals surface area contributed by atoms with Crippen molar-refractivity contribution in [3.8, 4) is 10.6 Å². The van der Waals surface area contributed by atoms with Crippen LogP contribution in [0.5, 0.6) is 0 Å². The number of fused-ring (bicyclic) bond motifs is 1. The molecular weight excluding hydrogens is 374 g/mol. The second-order valence-electron chi connectivity index (χ2n) is 6.02. The van der Waals surface area contributed by atoms with E-state index in [2.05, 4.69) is 31.6 Å². The van der Waals surface area contributed by atoms with E-state index in [9.17, 15) is 0 Å². The Balaban J connectivity index is 1.67. The highest BCUT2D eigenvalue weighted by atomic mass is 32.1. The van der Waals surface area contributed by atoms with Gasteiger partial charge in [-0.05, 0) is 44.5 Å². The Morgan fingerprint density at radius 3 is 2.67 bits per heavy atom. The van der Waals surface area contributed by atoms with E-state index in [1.54, 1.807) is 11.3 Å². The van der Waals surface area contributed by atoms with E-state index in [0.717, 1.165) is 38.8 Å². The van der Waals surface area contributed by atoms with E-state index in [1.807, 2.05) is 57.3 Å². The summed E-state index contributed by atoms with van der Waals surface area (Å²) in [6.07, 6.45) is 2.68. The van der Waals surface area contributed by atoms with Crippen molar-refractivity contribution in [2.75, 3.05) is 12.0 Å². The lowest BCUT2D eigenvalue weighted by atomic mass is 10.3. The third kappa shape index (κ3) is 5.02. The Bertz CT molecular complexity index is 970. The SMILES string of the molecule is CCC(=S)CN=C(C)/C(C)=N/Nc1ccc(-c2nc3ccccc3s2)cn1. The fourth-order valence-electron chi connectivity index (χ4n) is 2.24. The molecule has 0 aliphatic heterocycles. The van der Waals surface area contributed by atoms with Crippen molar-refractivity contribution >= 4 is 55.9 Å². The molecule has 2 aromatic heterocycles. The van der Waals surface area contributed by atoms with Gasteiger partial charge >= 0.3 is 0 Å². The van der Waals surface area contributed by atoms with Gasteiger partial charge in [0.1, 0.15) is 10.8 Å². The minimum absolute atomic E-state index is 0.569. The number of benzene rings is 1. The molecule has 0 bridgehead atoms. The van der Waals surface area contributed by atoms with Gasteiger partial charge in [-0.1, -0.05) is 31.3 Å². The fourth-order valence-corrected chi connectivity index (χ4v) is 3.26. The van der Waals surface area contributed by atoms with Gasteiger partial charge in [-0.2, -0.15) is 5.10 Å². The van der Waals surface area contributed by atoms with Crippen LogP contribution in [0.1, 0.15) is 27.2 Å². The average Bonchev–Trinajstić information content (AvgIpc) is 3.14. The summed E-state index contributed by atoms with van der Waals surface area (Å²) in [4.78, 5) is 14.5. The fraction of sp³-hybridized carbons (Fsp3) is 0.250. The molecule has 1 N–H and O–H groups in total. The maximum atomic E-state index is 5.20. The molecule has 0 unspecified atom stereocenters. The number of para-hydroxylation sites is 1. The van der Waals surface area contributed by atoms with Gasteiger partial charge in [-0.25, -0.2) is 9.97 Å². The van der Waals surface area contributed by atoms with Crippen molar-refractivity contribution < 1.29 is 0 Å². The molecule has 1 aromatic carbocycles. The van der Waals surface area contributed by atoms with Gasteiger partial charge in [0, 0.05) is 16.6 Å². The van der Waals surface area contributed by atoms with Gasteiger partial charge in [0.25, 0.3) is 0 Å². The number of aliphatic imine (C=N–C) groups is 1. The summed E-state index contributed by atoms with van der Waals surface area (Å²) in [5.41, 5.74) is 6.66. The number of thiocarbonyl (C=S) groups is 1. The third-order valence-electron chi connectivity index (χ3n) is 4.05. The topological polar surface area (TPSA) is 62.5 Å². The smallest absolute Gasteiger partial charge is 0.146 e. The van der Waals surface area contributed by atoms with Crippen LogP contribution >= 0.6 is 23.6 Å². The van der Waals surface area contributed by atoms with E-state index in [4.69, 9.17) is 12.2 Å². The Kier molecular flexibility index (Phi) is 6.36. The molecule has 0 atom stereocenters. The normalized spacial score (nSPS) is 12.4. The van der Waals surface area contributed by atoms with Crippen molar-refractivity contribution in [2.24, 2.45) is 10.1 Å². The molecule has 0 saturated carbocycles. The first-order valence-corrected chi connectivity index (χ1v) is 9.94. The zero-order valence-corrected chi connectivity index (χ0v) is 17.2. The minimum Gasteiger partial charge on any atom is -0.283 e. The Hall–Kier alpha value is -2.51. The summed E-state index contributed by atoms with van der Waals surface area (Å²) < 4.78 is 1.17. The first-order valence-electron chi connectivity index (χ1n) is 8.72. The van der Waals surface area contributed by atoms with Crippen LogP contribution < -0.4 is 5.43 Å². The number of rotatable bonds is 7. The van der Waals surface area contributed by atoms with Crippen LogP contribution in [0, 0.1) is 0 Å². The number of pyridine rings is 1. The molecule has 0 saturated heterocycles. The van der Waals surface area contributed by atoms with E-state index >= 15 is 0 Å². The van der Waals surface area contributed by atoms with Crippen molar-refractivity contribution in [2.45, 2.75) is 27.2 Å². The number of nitrogens with one attached hydrogen (secondary N) is 1. The van der Waals surface area contributed by atoms with Crippen molar-refractivity contribution in [1.29, 1.82) is 0 Å². The molecule has 5 nitrogen and oxygen atoms in total.